The minimum Gasteiger partial charge on any atom is -0.493 e. The second-order valence-electron chi connectivity index (χ2n) is 8.43. The summed E-state index contributed by atoms with van der Waals surface area (Å²) in [6.45, 7) is 0.434. The van der Waals surface area contributed by atoms with Crippen LogP contribution in [0.3, 0.4) is 0 Å². The van der Waals surface area contributed by atoms with E-state index in [0.29, 0.717) is 39.9 Å². The summed E-state index contributed by atoms with van der Waals surface area (Å²) in [5.74, 6) is 0.868. The van der Waals surface area contributed by atoms with E-state index in [1.807, 2.05) is 83.4 Å². The van der Waals surface area contributed by atoms with Crippen LogP contribution in [0.4, 0.5) is 0 Å². The third kappa shape index (κ3) is 5.21. The summed E-state index contributed by atoms with van der Waals surface area (Å²) < 4.78 is 13.2. The van der Waals surface area contributed by atoms with Crippen LogP contribution in [0.2, 0.25) is 0 Å². The van der Waals surface area contributed by atoms with Gasteiger partial charge in [-0.3, -0.25) is 9.59 Å². The van der Waals surface area contributed by atoms with Crippen LogP contribution in [0.1, 0.15) is 11.1 Å². The molecule has 0 aliphatic rings. The SMILES string of the molecule is COc1cc(/C=N\NC(=O)Cn2c3ccccc3c(=O)c3ccccc32)ccc1OCc1ccccc1. The summed E-state index contributed by atoms with van der Waals surface area (Å²) in [6, 6.07) is 29.9. The first-order valence-electron chi connectivity index (χ1n) is 11.8. The van der Waals surface area contributed by atoms with E-state index in [9.17, 15) is 9.59 Å². The van der Waals surface area contributed by atoms with Gasteiger partial charge in [0.2, 0.25) is 0 Å². The molecule has 1 amide bonds. The molecule has 0 aliphatic heterocycles. The number of hydrogen-bond acceptors (Lipinski definition) is 5. The number of carbonyl (C=O) groups is 1. The minimum absolute atomic E-state index is 0.00817. The first kappa shape index (κ1) is 23.8. The molecule has 5 rings (SSSR count). The normalized spacial score (nSPS) is 11.2. The van der Waals surface area contributed by atoms with Crippen LogP contribution in [0.5, 0.6) is 11.5 Å². The van der Waals surface area contributed by atoms with Crippen molar-refractivity contribution in [1.82, 2.24) is 9.99 Å². The Morgan fingerprint density at radius 3 is 2.19 bits per heavy atom. The molecular weight excluding hydrogens is 466 g/mol. The highest BCUT2D eigenvalue weighted by Gasteiger charge is 2.12. The van der Waals surface area contributed by atoms with Crippen molar-refractivity contribution in [3.8, 4) is 11.5 Å². The fraction of sp³-hybridized carbons (Fsp3) is 0.100. The van der Waals surface area contributed by atoms with Gasteiger partial charge in [-0.2, -0.15) is 5.10 Å². The van der Waals surface area contributed by atoms with Crippen LogP contribution in [0.25, 0.3) is 21.8 Å². The van der Waals surface area contributed by atoms with E-state index in [1.165, 1.54) is 0 Å². The molecular formula is C30H25N3O4. The Morgan fingerprint density at radius 2 is 1.51 bits per heavy atom. The number of fused-ring (bicyclic) bond motifs is 2. The van der Waals surface area contributed by atoms with Gasteiger partial charge in [0.15, 0.2) is 16.9 Å². The Morgan fingerprint density at radius 1 is 0.865 bits per heavy atom. The summed E-state index contributed by atoms with van der Waals surface area (Å²) in [7, 11) is 1.58. The highest BCUT2D eigenvalue weighted by Crippen LogP contribution is 2.28. The average Bonchev–Trinajstić information content (AvgIpc) is 2.95. The van der Waals surface area contributed by atoms with Crippen LogP contribution in [0.15, 0.2) is 107 Å². The molecule has 0 aliphatic carbocycles. The van der Waals surface area contributed by atoms with Gasteiger partial charge in [0.25, 0.3) is 5.91 Å². The maximum absolute atomic E-state index is 12.9. The van der Waals surface area contributed by atoms with Gasteiger partial charge in [-0.1, -0.05) is 54.6 Å². The van der Waals surface area contributed by atoms with E-state index in [-0.39, 0.29) is 17.9 Å². The van der Waals surface area contributed by atoms with Gasteiger partial charge < -0.3 is 14.0 Å². The Balaban J connectivity index is 1.30. The lowest BCUT2D eigenvalue weighted by Gasteiger charge is -2.14. The number of ether oxygens (including phenoxy) is 2. The molecule has 0 bridgehead atoms. The number of hydrogen-bond donors (Lipinski definition) is 1. The monoisotopic (exact) mass is 491 g/mol. The fourth-order valence-electron chi connectivity index (χ4n) is 4.22. The standard InChI is InChI=1S/C30H25N3O4/c1-36-28-17-22(15-16-27(28)37-20-21-9-3-2-4-10-21)18-31-32-29(34)19-33-25-13-7-5-11-23(25)30(35)24-12-6-8-14-26(24)33/h2-18H,19-20H2,1H3,(H,32,34)/b31-18-. The lowest BCUT2D eigenvalue weighted by Crippen LogP contribution is -2.25. The van der Waals surface area contributed by atoms with Crippen LogP contribution in [-0.2, 0) is 17.9 Å². The molecule has 0 atom stereocenters. The van der Waals surface area contributed by atoms with E-state index >= 15 is 0 Å². The van der Waals surface area contributed by atoms with Crippen LogP contribution < -0.4 is 20.3 Å². The number of hydrazone groups is 1. The number of methoxy groups -OCH3 is 1. The molecule has 1 heterocycles. The highest BCUT2D eigenvalue weighted by atomic mass is 16.5. The van der Waals surface area contributed by atoms with Crippen molar-refractivity contribution >= 4 is 33.9 Å². The second kappa shape index (κ2) is 10.8. The Labute approximate surface area is 213 Å². The smallest absolute Gasteiger partial charge is 0.260 e. The number of aromatic nitrogens is 1. The third-order valence-electron chi connectivity index (χ3n) is 6.01. The lowest BCUT2D eigenvalue weighted by atomic mass is 10.1. The molecule has 7 heteroatoms. The van der Waals surface area contributed by atoms with E-state index in [1.54, 1.807) is 31.5 Å². The van der Waals surface area contributed by atoms with Crippen molar-refractivity contribution in [2.75, 3.05) is 7.11 Å². The third-order valence-corrected chi connectivity index (χ3v) is 6.01. The highest BCUT2D eigenvalue weighted by molar-refractivity contribution is 5.95. The average molecular weight is 492 g/mol. The topological polar surface area (TPSA) is 81.9 Å². The Kier molecular flexibility index (Phi) is 6.94. The van der Waals surface area contributed by atoms with Crippen LogP contribution in [0, 0.1) is 0 Å². The molecule has 5 aromatic rings. The number of benzene rings is 4. The molecule has 0 radical (unpaired) electrons. The van der Waals surface area contributed by atoms with Gasteiger partial charge in [-0.15, -0.1) is 0 Å². The molecule has 0 saturated carbocycles. The lowest BCUT2D eigenvalue weighted by molar-refractivity contribution is -0.121. The predicted molar refractivity (Wildman–Crippen MR) is 145 cm³/mol. The van der Waals surface area contributed by atoms with Gasteiger partial charge >= 0.3 is 0 Å². The zero-order chi connectivity index (χ0) is 25.6. The minimum atomic E-state index is -0.315. The van der Waals surface area contributed by atoms with Crippen molar-refractivity contribution in [3.63, 3.8) is 0 Å². The molecule has 184 valence electrons. The van der Waals surface area contributed by atoms with Gasteiger partial charge in [0.05, 0.1) is 24.4 Å². The van der Waals surface area contributed by atoms with Crippen molar-refractivity contribution in [3.05, 3.63) is 118 Å². The van der Waals surface area contributed by atoms with Crippen molar-refractivity contribution < 1.29 is 14.3 Å². The number of amides is 1. The van der Waals surface area contributed by atoms with E-state index in [4.69, 9.17) is 9.47 Å². The molecule has 1 N–H and O–H groups in total. The Bertz CT molecular complexity index is 1600. The van der Waals surface area contributed by atoms with Gasteiger partial charge in [-0.05, 0) is 53.6 Å². The molecule has 0 spiro atoms. The summed E-state index contributed by atoms with van der Waals surface area (Å²) >= 11 is 0. The number of rotatable bonds is 8. The number of para-hydroxylation sites is 2. The van der Waals surface area contributed by atoms with E-state index < -0.39 is 0 Å². The summed E-state index contributed by atoms with van der Waals surface area (Å²) in [6.07, 6.45) is 1.54. The zero-order valence-electron chi connectivity index (χ0n) is 20.3. The maximum Gasteiger partial charge on any atom is 0.260 e. The quantitative estimate of drug-likeness (QED) is 0.190. The first-order chi connectivity index (χ1) is 18.1. The van der Waals surface area contributed by atoms with Crippen molar-refractivity contribution in [2.45, 2.75) is 13.2 Å². The molecule has 4 aromatic carbocycles. The molecule has 0 fully saturated rings. The van der Waals surface area contributed by atoms with E-state index in [0.717, 1.165) is 11.1 Å². The number of pyridine rings is 1. The summed E-state index contributed by atoms with van der Waals surface area (Å²) in [4.78, 5) is 25.7. The number of carbonyl (C=O) groups excluding carboxylic acids is 1. The van der Waals surface area contributed by atoms with Crippen LogP contribution >= 0.6 is 0 Å². The molecule has 1 aromatic heterocycles. The van der Waals surface area contributed by atoms with Crippen LogP contribution in [-0.4, -0.2) is 23.8 Å². The maximum atomic E-state index is 12.9. The molecule has 7 nitrogen and oxygen atoms in total. The molecule has 37 heavy (non-hydrogen) atoms. The zero-order valence-corrected chi connectivity index (χ0v) is 20.3. The molecule has 0 saturated heterocycles. The first-order valence-corrected chi connectivity index (χ1v) is 11.8. The van der Waals surface area contributed by atoms with Gasteiger partial charge in [0, 0.05) is 10.8 Å². The van der Waals surface area contributed by atoms with Gasteiger partial charge in [0.1, 0.15) is 13.2 Å². The fourth-order valence-corrected chi connectivity index (χ4v) is 4.22. The molecule has 0 unspecified atom stereocenters. The summed E-state index contributed by atoms with van der Waals surface area (Å²) in [5, 5.41) is 5.26. The summed E-state index contributed by atoms with van der Waals surface area (Å²) in [5.41, 5.74) is 5.72. The number of nitrogens with zero attached hydrogens (tertiary/aromatic N) is 2. The predicted octanol–water partition coefficient (Wildman–Crippen LogP) is 4.89. The van der Waals surface area contributed by atoms with Crippen molar-refractivity contribution in [1.29, 1.82) is 0 Å². The number of nitrogens with one attached hydrogen (secondary N) is 1. The Hall–Kier alpha value is -4.91. The largest absolute Gasteiger partial charge is 0.493 e. The van der Waals surface area contributed by atoms with E-state index in [2.05, 4.69) is 10.5 Å². The van der Waals surface area contributed by atoms with Gasteiger partial charge in [-0.25, -0.2) is 5.43 Å². The van der Waals surface area contributed by atoms with Crippen molar-refractivity contribution in [2.24, 2.45) is 5.10 Å². The second-order valence-corrected chi connectivity index (χ2v) is 8.43.